The van der Waals surface area contributed by atoms with Gasteiger partial charge in [0.2, 0.25) is 0 Å². The van der Waals surface area contributed by atoms with Gasteiger partial charge in [-0.15, -0.1) is 0 Å². The van der Waals surface area contributed by atoms with Crippen LogP contribution in [0.15, 0.2) is 84.9 Å². The van der Waals surface area contributed by atoms with E-state index < -0.39 is 7.92 Å². The Kier molecular flexibility index (Phi) is 6.34. The van der Waals surface area contributed by atoms with E-state index in [1.54, 1.807) is 0 Å². The lowest BCUT2D eigenvalue weighted by molar-refractivity contribution is 0.0601. The third kappa shape index (κ3) is 3.93. The van der Waals surface area contributed by atoms with Crippen molar-refractivity contribution in [3.8, 4) is 0 Å². The summed E-state index contributed by atoms with van der Waals surface area (Å²) < 4.78 is 4.77. The maximum atomic E-state index is 11.6. The molecule has 0 saturated carbocycles. The van der Waals surface area contributed by atoms with Gasteiger partial charge in [-0.3, -0.25) is 0 Å². The molecule has 0 fully saturated rings. The van der Waals surface area contributed by atoms with Crippen molar-refractivity contribution in [2.45, 2.75) is 0 Å². The van der Waals surface area contributed by atoms with Crippen LogP contribution in [0.2, 0.25) is 0 Å². The number of carbonyl (C=O) groups is 1. The van der Waals surface area contributed by atoms with Crippen molar-refractivity contribution in [3.05, 3.63) is 90.5 Å². The average Bonchev–Trinajstić information content (AvgIpc) is 2.64. The van der Waals surface area contributed by atoms with Crippen LogP contribution in [-0.2, 0) is 4.74 Å². The molecular formula is C20H17BO2P. The summed E-state index contributed by atoms with van der Waals surface area (Å²) in [4.78, 5) is 11.6. The lowest BCUT2D eigenvalue weighted by Gasteiger charge is -2.19. The van der Waals surface area contributed by atoms with Gasteiger partial charge >= 0.3 is 5.97 Å². The van der Waals surface area contributed by atoms with Gasteiger partial charge in [-0.05, 0) is 36.0 Å². The fourth-order valence-electron chi connectivity index (χ4n) is 2.47. The molecule has 0 aromatic heterocycles. The second kappa shape index (κ2) is 8.47. The highest BCUT2D eigenvalue weighted by molar-refractivity contribution is 7.79. The SMILES string of the molecule is COC(=O)c1ccc(P(c2ccccc2)c2ccccc2)cc1.[B]. The Morgan fingerprint density at radius 2 is 1.12 bits per heavy atom. The monoisotopic (exact) mass is 331 g/mol. The molecule has 3 radical (unpaired) electrons. The van der Waals surface area contributed by atoms with Crippen molar-refractivity contribution < 1.29 is 9.53 Å². The van der Waals surface area contributed by atoms with Gasteiger partial charge in [0.1, 0.15) is 0 Å². The van der Waals surface area contributed by atoms with E-state index in [4.69, 9.17) is 4.74 Å². The lowest BCUT2D eigenvalue weighted by Crippen LogP contribution is -2.20. The molecule has 4 heteroatoms. The summed E-state index contributed by atoms with van der Waals surface area (Å²) in [5.74, 6) is -0.305. The molecule has 0 spiro atoms. The maximum absolute atomic E-state index is 11.6. The van der Waals surface area contributed by atoms with E-state index in [-0.39, 0.29) is 14.4 Å². The highest BCUT2D eigenvalue weighted by Gasteiger charge is 2.16. The molecule has 0 aliphatic heterocycles. The van der Waals surface area contributed by atoms with Gasteiger partial charge in [0.15, 0.2) is 0 Å². The molecule has 0 atom stereocenters. The first-order valence-corrected chi connectivity index (χ1v) is 8.72. The van der Waals surface area contributed by atoms with E-state index in [0.717, 1.165) is 0 Å². The van der Waals surface area contributed by atoms with Crippen molar-refractivity contribution in [2.24, 2.45) is 0 Å². The number of hydrogen-bond donors (Lipinski definition) is 0. The topological polar surface area (TPSA) is 26.3 Å². The second-order valence-corrected chi connectivity index (χ2v) is 7.26. The van der Waals surface area contributed by atoms with E-state index >= 15 is 0 Å². The molecule has 0 amide bonds. The van der Waals surface area contributed by atoms with Crippen molar-refractivity contribution in [1.82, 2.24) is 0 Å². The maximum Gasteiger partial charge on any atom is 0.337 e. The van der Waals surface area contributed by atoms with Crippen molar-refractivity contribution in [1.29, 1.82) is 0 Å². The highest BCUT2D eigenvalue weighted by atomic mass is 31.1. The predicted molar refractivity (Wildman–Crippen MR) is 102 cm³/mol. The number of carbonyl (C=O) groups excluding carboxylic acids is 1. The molecule has 0 unspecified atom stereocenters. The molecule has 117 valence electrons. The number of hydrogen-bond acceptors (Lipinski definition) is 2. The molecule has 3 aromatic rings. The molecule has 0 saturated heterocycles. The van der Waals surface area contributed by atoms with Crippen LogP contribution in [0.4, 0.5) is 0 Å². The zero-order valence-electron chi connectivity index (χ0n) is 13.4. The molecular weight excluding hydrogens is 314 g/mol. The third-order valence-corrected chi connectivity index (χ3v) is 6.02. The zero-order chi connectivity index (χ0) is 16.1. The smallest absolute Gasteiger partial charge is 0.337 e. The first kappa shape index (κ1) is 18.0. The summed E-state index contributed by atoms with van der Waals surface area (Å²) in [7, 11) is 0.766. The first-order chi connectivity index (χ1) is 11.3. The van der Waals surface area contributed by atoms with Crippen molar-refractivity contribution in [3.63, 3.8) is 0 Å². The van der Waals surface area contributed by atoms with Gasteiger partial charge in [0, 0.05) is 8.41 Å². The minimum atomic E-state index is -0.634. The molecule has 0 aliphatic rings. The summed E-state index contributed by atoms with van der Waals surface area (Å²) in [6.07, 6.45) is 0. The van der Waals surface area contributed by atoms with Gasteiger partial charge in [-0.2, -0.15) is 0 Å². The van der Waals surface area contributed by atoms with E-state index in [0.29, 0.717) is 5.56 Å². The van der Waals surface area contributed by atoms with E-state index in [1.165, 1.54) is 23.0 Å². The average molecular weight is 331 g/mol. The lowest BCUT2D eigenvalue weighted by atomic mass is 10.2. The Morgan fingerprint density at radius 1 is 0.708 bits per heavy atom. The van der Waals surface area contributed by atoms with Gasteiger partial charge < -0.3 is 4.74 Å². The number of methoxy groups -OCH3 is 1. The van der Waals surface area contributed by atoms with Crippen molar-refractivity contribution in [2.75, 3.05) is 7.11 Å². The zero-order valence-corrected chi connectivity index (χ0v) is 14.3. The molecule has 24 heavy (non-hydrogen) atoms. The van der Waals surface area contributed by atoms with Crippen molar-refractivity contribution >= 4 is 38.2 Å². The highest BCUT2D eigenvalue weighted by Crippen LogP contribution is 2.32. The number of rotatable bonds is 4. The number of benzene rings is 3. The van der Waals surface area contributed by atoms with E-state index in [1.807, 2.05) is 36.4 Å². The van der Waals surface area contributed by atoms with Crippen LogP contribution in [-0.4, -0.2) is 21.5 Å². The number of ether oxygens (including phenoxy) is 1. The van der Waals surface area contributed by atoms with Crippen LogP contribution in [0.25, 0.3) is 0 Å². The summed E-state index contributed by atoms with van der Waals surface area (Å²) in [6.45, 7) is 0. The van der Waals surface area contributed by atoms with Crippen LogP contribution in [0.3, 0.4) is 0 Å². The molecule has 3 rings (SSSR count). The molecule has 3 aromatic carbocycles. The second-order valence-electron chi connectivity index (χ2n) is 5.04. The summed E-state index contributed by atoms with van der Waals surface area (Å²) in [5.41, 5.74) is 0.576. The first-order valence-electron chi connectivity index (χ1n) is 7.38. The Morgan fingerprint density at radius 3 is 1.54 bits per heavy atom. The molecule has 0 aliphatic carbocycles. The third-order valence-electron chi connectivity index (χ3n) is 3.58. The summed E-state index contributed by atoms with van der Waals surface area (Å²) in [6, 6.07) is 28.7. The van der Waals surface area contributed by atoms with Crippen LogP contribution in [0.1, 0.15) is 10.4 Å². The largest absolute Gasteiger partial charge is 0.465 e. The normalized spacial score (nSPS) is 10.1. The van der Waals surface area contributed by atoms with Crippen LogP contribution < -0.4 is 15.9 Å². The van der Waals surface area contributed by atoms with Crippen LogP contribution in [0, 0.1) is 0 Å². The van der Waals surface area contributed by atoms with Crippen LogP contribution >= 0.6 is 7.92 Å². The summed E-state index contributed by atoms with van der Waals surface area (Å²) in [5, 5.41) is 3.80. The minimum absolute atomic E-state index is 0. The Hall–Kier alpha value is -2.38. The fourth-order valence-corrected chi connectivity index (χ4v) is 4.75. The van der Waals surface area contributed by atoms with Gasteiger partial charge in [-0.25, -0.2) is 4.79 Å². The van der Waals surface area contributed by atoms with Gasteiger partial charge in [-0.1, -0.05) is 72.8 Å². The standard InChI is InChI=1S/C20H17O2P.B/c1-22-20(21)16-12-14-19(15-13-16)23(17-8-4-2-5-9-17)18-10-6-3-7-11-18;/h2-15H,1H3;. The molecule has 0 heterocycles. The van der Waals surface area contributed by atoms with Gasteiger partial charge in [0.25, 0.3) is 0 Å². The van der Waals surface area contributed by atoms with Gasteiger partial charge in [0.05, 0.1) is 12.7 Å². The Balaban J connectivity index is 0.00000208. The Labute approximate surface area is 145 Å². The molecule has 2 nitrogen and oxygen atoms in total. The minimum Gasteiger partial charge on any atom is -0.465 e. The molecule has 0 bridgehead atoms. The van der Waals surface area contributed by atoms with E-state index in [9.17, 15) is 4.79 Å². The van der Waals surface area contributed by atoms with Crippen LogP contribution in [0.5, 0.6) is 0 Å². The van der Waals surface area contributed by atoms with E-state index in [2.05, 4.69) is 48.5 Å². The summed E-state index contributed by atoms with van der Waals surface area (Å²) >= 11 is 0. The number of esters is 1. The fraction of sp³-hybridized carbons (Fsp3) is 0.0500. The molecule has 0 N–H and O–H groups in total. The quantitative estimate of drug-likeness (QED) is 0.417. The Bertz CT molecular complexity index is 734. The predicted octanol–water partition coefficient (Wildman–Crippen LogP) is 2.85.